The van der Waals surface area contributed by atoms with Gasteiger partial charge < -0.3 is 24.4 Å². The third-order valence-corrected chi connectivity index (χ3v) is 4.41. The molecule has 3 rings (SSSR count). The van der Waals surface area contributed by atoms with E-state index in [1.807, 2.05) is 50.3 Å². The number of hydrogen-bond donors (Lipinski definition) is 2. The number of phenolic OH excluding ortho intramolecular Hbond substituents is 2. The Balaban J connectivity index is 1.92. The highest BCUT2D eigenvalue weighted by Gasteiger charge is 2.37. The molecule has 0 spiro atoms. The Kier molecular flexibility index (Phi) is 5.20. The molecule has 1 heterocycles. The quantitative estimate of drug-likeness (QED) is 0.846. The maximum absolute atomic E-state index is 9.88. The average molecular weight is 356 g/mol. The van der Waals surface area contributed by atoms with E-state index in [1.165, 1.54) is 7.11 Å². The molecule has 0 radical (unpaired) electrons. The molecule has 5 heteroatoms. The predicted molar refractivity (Wildman–Crippen MR) is 99.4 cm³/mol. The number of hydrogen-bond acceptors (Lipinski definition) is 5. The van der Waals surface area contributed by atoms with Gasteiger partial charge in [0.1, 0.15) is 5.75 Å². The highest BCUT2D eigenvalue weighted by Crippen LogP contribution is 2.37. The summed E-state index contributed by atoms with van der Waals surface area (Å²) in [6.45, 7) is 4.26. The summed E-state index contributed by atoms with van der Waals surface area (Å²) in [5.74, 6) is 0.0394. The SMILES string of the molecule is COc1cc([C@H](/C=C/c2ccc(O)cc2)[C@H]2COC(C)(C)O2)ccc1O. The van der Waals surface area contributed by atoms with Crippen LogP contribution in [0.15, 0.2) is 48.5 Å². The lowest BCUT2D eigenvalue weighted by Crippen LogP contribution is -2.24. The van der Waals surface area contributed by atoms with Crippen LogP contribution in [-0.2, 0) is 9.47 Å². The summed E-state index contributed by atoms with van der Waals surface area (Å²) in [6.07, 6.45) is 3.87. The van der Waals surface area contributed by atoms with Gasteiger partial charge in [-0.1, -0.05) is 30.4 Å². The molecule has 2 aromatic carbocycles. The molecule has 2 N–H and O–H groups in total. The van der Waals surface area contributed by atoms with Crippen LogP contribution in [0.1, 0.15) is 30.9 Å². The normalized spacial score (nSPS) is 20.3. The van der Waals surface area contributed by atoms with Crippen LogP contribution in [0.4, 0.5) is 0 Å². The van der Waals surface area contributed by atoms with E-state index in [0.29, 0.717) is 12.4 Å². The first-order valence-electron chi connectivity index (χ1n) is 8.54. The monoisotopic (exact) mass is 356 g/mol. The molecule has 26 heavy (non-hydrogen) atoms. The zero-order valence-electron chi connectivity index (χ0n) is 15.2. The van der Waals surface area contributed by atoms with E-state index >= 15 is 0 Å². The lowest BCUT2D eigenvalue weighted by atomic mass is 9.92. The Bertz CT molecular complexity index is 779. The summed E-state index contributed by atoms with van der Waals surface area (Å²) in [6, 6.07) is 12.3. The summed E-state index contributed by atoms with van der Waals surface area (Å²) >= 11 is 0. The minimum absolute atomic E-state index is 0.0833. The van der Waals surface area contributed by atoms with Gasteiger partial charge in [0.2, 0.25) is 0 Å². The topological polar surface area (TPSA) is 68.2 Å². The summed E-state index contributed by atoms with van der Waals surface area (Å²) < 4.78 is 17.0. The van der Waals surface area contributed by atoms with Gasteiger partial charge in [0.15, 0.2) is 17.3 Å². The van der Waals surface area contributed by atoms with Gasteiger partial charge in [-0.25, -0.2) is 0 Å². The molecular weight excluding hydrogens is 332 g/mol. The first-order chi connectivity index (χ1) is 12.4. The maximum Gasteiger partial charge on any atom is 0.163 e. The van der Waals surface area contributed by atoms with Crippen LogP contribution in [0.5, 0.6) is 17.2 Å². The molecule has 1 aliphatic rings. The lowest BCUT2D eigenvalue weighted by Gasteiger charge is -2.23. The number of benzene rings is 2. The van der Waals surface area contributed by atoms with Crippen LogP contribution < -0.4 is 4.74 Å². The summed E-state index contributed by atoms with van der Waals surface area (Å²) in [7, 11) is 1.53. The van der Waals surface area contributed by atoms with E-state index < -0.39 is 5.79 Å². The molecule has 0 bridgehead atoms. The van der Waals surface area contributed by atoms with Crippen LogP contribution in [0, 0.1) is 0 Å². The van der Waals surface area contributed by atoms with E-state index in [4.69, 9.17) is 14.2 Å². The standard InChI is InChI=1S/C21H24O5/c1-21(2)25-13-20(26-21)17(10-6-14-4-8-16(22)9-5-14)15-7-11-18(23)19(12-15)24-3/h4-12,17,20,22-23H,13H2,1-3H3/b10-6+/t17-,20+/m0/s1. The number of methoxy groups -OCH3 is 1. The number of aromatic hydroxyl groups is 2. The first kappa shape index (κ1) is 18.3. The van der Waals surface area contributed by atoms with Gasteiger partial charge >= 0.3 is 0 Å². The molecule has 2 aromatic rings. The van der Waals surface area contributed by atoms with Crippen LogP contribution in [0.2, 0.25) is 0 Å². The highest BCUT2D eigenvalue weighted by atomic mass is 16.7. The third-order valence-electron chi connectivity index (χ3n) is 4.41. The van der Waals surface area contributed by atoms with Crippen molar-refractivity contribution < 1.29 is 24.4 Å². The van der Waals surface area contributed by atoms with E-state index in [9.17, 15) is 10.2 Å². The zero-order chi connectivity index (χ0) is 18.7. The van der Waals surface area contributed by atoms with Crippen LogP contribution in [-0.4, -0.2) is 35.8 Å². The Morgan fingerprint density at radius 2 is 1.88 bits per heavy atom. The Morgan fingerprint density at radius 1 is 1.15 bits per heavy atom. The van der Waals surface area contributed by atoms with Crippen molar-refractivity contribution in [3.8, 4) is 17.2 Å². The molecule has 138 valence electrons. The van der Waals surface area contributed by atoms with Crippen molar-refractivity contribution in [2.24, 2.45) is 0 Å². The fourth-order valence-electron chi connectivity index (χ4n) is 3.04. The van der Waals surface area contributed by atoms with Gasteiger partial charge in [-0.05, 0) is 49.2 Å². The molecule has 0 unspecified atom stereocenters. The summed E-state index contributed by atoms with van der Waals surface area (Å²) in [4.78, 5) is 0. The Morgan fingerprint density at radius 3 is 2.50 bits per heavy atom. The molecule has 1 fully saturated rings. The molecule has 0 amide bonds. The molecular formula is C21H24O5. The van der Waals surface area contributed by atoms with Gasteiger partial charge in [0.25, 0.3) is 0 Å². The Labute approximate surface area is 153 Å². The second kappa shape index (κ2) is 7.40. The van der Waals surface area contributed by atoms with Gasteiger partial charge in [0, 0.05) is 5.92 Å². The zero-order valence-corrected chi connectivity index (χ0v) is 15.2. The van der Waals surface area contributed by atoms with E-state index in [0.717, 1.165) is 11.1 Å². The molecule has 0 aliphatic carbocycles. The lowest BCUT2D eigenvalue weighted by molar-refractivity contribution is -0.139. The summed E-state index contributed by atoms with van der Waals surface area (Å²) in [5, 5.41) is 19.3. The second-order valence-corrected chi connectivity index (χ2v) is 6.77. The average Bonchev–Trinajstić information content (AvgIpc) is 2.97. The molecule has 0 aromatic heterocycles. The molecule has 2 atom stereocenters. The molecule has 1 aliphatic heterocycles. The molecule has 0 saturated carbocycles. The first-order valence-corrected chi connectivity index (χ1v) is 8.54. The van der Waals surface area contributed by atoms with Crippen molar-refractivity contribution in [3.05, 3.63) is 59.7 Å². The fourth-order valence-corrected chi connectivity index (χ4v) is 3.04. The van der Waals surface area contributed by atoms with Gasteiger partial charge in [-0.15, -0.1) is 0 Å². The van der Waals surface area contributed by atoms with Crippen molar-refractivity contribution in [1.82, 2.24) is 0 Å². The highest BCUT2D eigenvalue weighted by molar-refractivity contribution is 5.53. The fraction of sp³-hybridized carbons (Fsp3) is 0.333. The predicted octanol–water partition coefficient (Wildman–Crippen LogP) is 4.05. The molecule has 1 saturated heterocycles. The van der Waals surface area contributed by atoms with Crippen LogP contribution in [0.3, 0.4) is 0 Å². The molecule has 5 nitrogen and oxygen atoms in total. The maximum atomic E-state index is 9.88. The van der Waals surface area contributed by atoms with Crippen molar-refractivity contribution in [2.75, 3.05) is 13.7 Å². The van der Waals surface area contributed by atoms with E-state index in [-0.39, 0.29) is 23.5 Å². The smallest absolute Gasteiger partial charge is 0.163 e. The minimum Gasteiger partial charge on any atom is -0.508 e. The number of phenols is 2. The van der Waals surface area contributed by atoms with Crippen LogP contribution in [0.25, 0.3) is 6.08 Å². The summed E-state index contributed by atoms with van der Waals surface area (Å²) in [5.41, 5.74) is 1.93. The van der Waals surface area contributed by atoms with Crippen molar-refractivity contribution in [1.29, 1.82) is 0 Å². The van der Waals surface area contributed by atoms with E-state index in [1.54, 1.807) is 18.2 Å². The largest absolute Gasteiger partial charge is 0.508 e. The van der Waals surface area contributed by atoms with Crippen molar-refractivity contribution in [3.63, 3.8) is 0 Å². The van der Waals surface area contributed by atoms with Crippen LogP contribution >= 0.6 is 0 Å². The third kappa shape index (κ3) is 4.18. The van der Waals surface area contributed by atoms with E-state index in [2.05, 4.69) is 0 Å². The van der Waals surface area contributed by atoms with Gasteiger partial charge in [-0.3, -0.25) is 0 Å². The Hall–Kier alpha value is -2.50. The number of ether oxygens (including phenoxy) is 3. The van der Waals surface area contributed by atoms with Crippen molar-refractivity contribution >= 4 is 6.08 Å². The van der Waals surface area contributed by atoms with Crippen molar-refractivity contribution in [2.45, 2.75) is 31.7 Å². The van der Waals surface area contributed by atoms with Gasteiger partial charge in [0.05, 0.1) is 19.8 Å². The minimum atomic E-state index is -0.629. The second-order valence-electron chi connectivity index (χ2n) is 6.77. The number of rotatable bonds is 5. The van der Waals surface area contributed by atoms with Gasteiger partial charge in [-0.2, -0.15) is 0 Å².